The molecular weight excluding hydrogens is 282 g/mol. The van der Waals surface area contributed by atoms with E-state index >= 15 is 0 Å². The zero-order valence-electron chi connectivity index (χ0n) is 10.4. The van der Waals surface area contributed by atoms with Crippen molar-refractivity contribution in [1.29, 1.82) is 5.26 Å². The molecule has 8 nitrogen and oxygen atoms in total. The van der Waals surface area contributed by atoms with Crippen LogP contribution in [0.1, 0.15) is 12.5 Å². The highest BCUT2D eigenvalue weighted by Gasteiger charge is 2.14. The first kappa shape index (κ1) is 13.8. The molecule has 9 heteroatoms. The second-order valence-corrected chi connectivity index (χ2v) is 4.72. The van der Waals surface area contributed by atoms with Crippen molar-refractivity contribution in [2.24, 2.45) is 0 Å². The van der Waals surface area contributed by atoms with Crippen molar-refractivity contribution in [2.45, 2.75) is 23.5 Å². The lowest BCUT2D eigenvalue weighted by atomic mass is 10.2. The van der Waals surface area contributed by atoms with Gasteiger partial charge in [-0.2, -0.15) is 5.26 Å². The van der Waals surface area contributed by atoms with Crippen LogP contribution in [0.25, 0.3) is 0 Å². The van der Waals surface area contributed by atoms with E-state index in [9.17, 15) is 14.9 Å². The predicted octanol–water partition coefficient (Wildman–Crippen LogP) is 1.52. The molecular formula is C11H9N5O3S. The Bertz CT molecular complexity index is 758. The molecule has 1 aromatic carbocycles. The van der Waals surface area contributed by atoms with Crippen molar-refractivity contribution in [3.8, 4) is 6.07 Å². The Morgan fingerprint density at radius 1 is 1.60 bits per heavy atom. The van der Waals surface area contributed by atoms with Gasteiger partial charge in [0.1, 0.15) is 6.07 Å². The lowest BCUT2D eigenvalue weighted by molar-refractivity contribution is -0.384. The van der Waals surface area contributed by atoms with E-state index in [-0.39, 0.29) is 16.9 Å². The van der Waals surface area contributed by atoms with Crippen molar-refractivity contribution in [1.82, 2.24) is 14.8 Å². The van der Waals surface area contributed by atoms with E-state index in [2.05, 4.69) is 10.2 Å². The van der Waals surface area contributed by atoms with Crippen molar-refractivity contribution in [3.05, 3.63) is 44.4 Å². The van der Waals surface area contributed by atoms with Gasteiger partial charge in [-0.05, 0) is 24.8 Å². The number of rotatable bonds is 4. The van der Waals surface area contributed by atoms with E-state index in [0.29, 0.717) is 16.6 Å². The van der Waals surface area contributed by atoms with Gasteiger partial charge in [0.25, 0.3) is 5.69 Å². The van der Waals surface area contributed by atoms with Gasteiger partial charge < -0.3 is 0 Å². The third-order valence-electron chi connectivity index (χ3n) is 2.54. The average Bonchev–Trinajstić information content (AvgIpc) is 2.79. The van der Waals surface area contributed by atoms with Crippen LogP contribution in [0.4, 0.5) is 5.69 Å². The molecule has 0 radical (unpaired) electrons. The Hall–Kier alpha value is -2.60. The standard InChI is InChI=1S/C11H9N5O3S/c1-2-15-10(17)13-14-11(15)20-9-4-3-8(16(18)19)5-7(9)6-12/h3-5H,2H2,1H3,(H,13,17). The topological polar surface area (TPSA) is 118 Å². The van der Waals surface area contributed by atoms with Gasteiger partial charge >= 0.3 is 5.69 Å². The molecule has 0 fully saturated rings. The molecule has 1 N–H and O–H groups in total. The highest BCUT2D eigenvalue weighted by atomic mass is 32.2. The third-order valence-corrected chi connectivity index (χ3v) is 3.61. The van der Waals surface area contributed by atoms with Crippen LogP contribution in [0.2, 0.25) is 0 Å². The van der Waals surface area contributed by atoms with E-state index < -0.39 is 4.92 Å². The summed E-state index contributed by atoms with van der Waals surface area (Å²) in [5, 5.41) is 26.3. The van der Waals surface area contributed by atoms with Crippen LogP contribution < -0.4 is 5.69 Å². The maximum Gasteiger partial charge on any atom is 0.343 e. The molecule has 2 aromatic rings. The Morgan fingerprint density at radius 2 is 2.35 bits per heavy atom. The number of nitro groups is 1. The van der Waals surface area contributed by atoms with Crippen molar-refractivity contribution in [3.63, 3.8) is 0 Å². The normalized spacial score (nSPS) is 10.2. The molecule has 1 heterocycles. The molecule has 0 unspecified atom stereocenters. The second kappa shape index (κ2) is 5.58. The highest BCUT2D eigenvalue weighted by Crippen LogP contribution is 2.30. The summed E-state index contributed by atoms with van der Waals surface area (Å²) >= 11 is 1.11. The fourth-order valence-electron chi connectivity index (χ4n) is 1.57. The Balaban J connectivity index is 2.41. The molecule has 0 saturated heterocycles. The molecule has 0 saturated carbocycles. The monoisotopic (exact) mass is 291 g/mol. The minimum Gasteiger partial charge on any atom is -0.270 e. The second-order valence-electron chi connectivity index (χ2n) is 3.71. The number of non-ortho nitro benzene ring substituents is 1. The van der Waals surface area contributed by atoms with Crippen LogP contribution in [0, 0.1) is 21.4 Å². The van der Waals surface area contributed by atoms with Gasteiger partial charge in [-0.25, -0.2) is 9.89 Å². The summed E-state index contributed by atoms with van der Waals surface area (Å²) in [5.74, 6) is 0. The molecule has 0 atom stereocenters. The molecule has 0 aliphatic rings. The summed E-state index contributed by atoms with van der Waals surface area (Å²) in [6, 6.07) is 5.88. The van der Waals surface area contributed by atoms with E-state index in [0.717, 1.165) is 11.8 Å². The first-order valence-electron chi connectivity index (χ1n) is 5.58. The van der Waals surface area contributed by atoms with Gasteiger partial charge in [0.2, 0.25) is 0 Å². The first-order valence-corrected chi connectivity index (χ1v) is 6.40. The Kier molecular flexibility index (Phi) is 3.86. The molecule has 1 aromatic heterocycles. The number of aromatic amines is 1. The number of hydrogen-bond acceptors (Lipinski definition) is 6. The number of nitro benzene ring substituents is 1. The largest absolute Gasteiger partial charge is 0.343 e. The summed E-state index contributed by atoms with van der Waals surface area (Å²) in [7, 11) is 0. The summed E-state index contributed by atoms with van der Waals surface area (Å²) < 4.78 is 1.41. The van der Waals surface area contributed by atoms with Crippen LogP contribution in [-0.2, 0) is 6.54 Å². The van der Waals surface area contributed by atoms with Gasteiger partial charge in [0, 0.05) is 23.6 Å². The first-order chi connectivity index (χ1) is 9.56. The Morgan fingerprint density at radius 3 is 2.95 bits per heavy atom. The third kappa shape index (κ3) is 2.55. The quantitative estimate of drug-likeness (QED) is 0.674. The average molecular weight is 291 g/mol. The van der Waals surface area contributed by atoms with Crippen LogP contribution >= 0.6 is 11.8 Å². The van der Waals surface area contributed by atoms with Crippen LogP contribution in [0.3, 0.4) is 0 Å². The number of nitrogens with one attached hydrogen (secondary N) is 1. The molecule has 0 amide bonds. The zero-order chi connectivity index (χ0) is 14.7. The predicted molar refractivity (Wildman–Crippen MR) is 70.5 cm³/mol. The fraction of sp³-hybridized carbons (Fsp3) is 0.182. The molecule has 0 aliphatic heterocycles. The van der Waals surface area contributed by atoms with E-state index in [1.807, 2.05) is 6.07 Å². The van der Waals surface area contributed by atoms with Crippen LogP contribution in [0.5, 0.6) is 0 Å². The number of benzene rings is 1. The van der Waals surface area contributed by atoms with Gasteiger partial charge in [-0.15, -0.1) is 5.10 Å². The SMILES string of the molecule is CCn1c(Sc2ccc([N+](=O)[O-])cc2C#N)n[nH]c1=O. The summed E-state index contributed by atoms with van der Waals surface area (Å²) in [5.41, 5.74) is -0.321. The minimum absolute atomic E-state index is 0.152. The Labute approximate surface area is 117 Å². The van der Waals surface area contributed by atoms with Crippen molar-refractivity contribution >= 4 is 17.4 Å². The zero-order valence-corrected chi connectivity index (χ0v) is 11.2. The summed E-state index contributed by atoms with van der Waals surface area (Å²) in [6.45, 7) is 2.23. The van der Waals surface area contributed by atoms with E-state index in [1.165, 1.54) is 22.8 Å². The van der Waals surface area contributed by atoms with Gasteiger partial charge in [-0.1, -0.05) is 0 Å². The van der Waals surface area contributed by atoms with Gasteiger partial charge in [0.05, 0.1) is 10.5 Å². The number of aromatic nitrogens is 3. The summed E-state index contributed by atoms with van der Waals surface area (Å²) in [4.78, 5) is 22.0. The van der Waals surface area contributed by atoms with E-state index in [1.54, 1.807) is 6.92 Å². The number of nitriles is 1. The molecule has 0 spiro atoms. The van der Waals surface area contributed by atoms with Crippen molar-refractivity contribution in [2.75, 3.05) is 0 Å². The van der Waals surface area contributed by atoms with Crippen molar-refractivity contribution < 1.29 is 4.92 Å². The lowest BCUT2D eigenvalue weighted by Gasteiger charge is -2.03. The molecule has 20 heavy (non-hydrogen) atoms. The van der Waals surface area contributed by atoms with Crippen LogP contribution in [0.15, 0.2) is 33.0 Å². The number of hydrogen-bond donors (Lipinski definition) is 1. The smallest absolute Gasteiger partial charge is 0.270 e. The summed E-state index contributed by atoms with van der Waals surface area (Å²) in [6.07, 6.45) is 0. The van der Waals surface area contributed by atoms with Gasteiger partial charge in [-0.3, -0.25) is 14.7 Å². The van der Waals surface area contributed by atoms with E-state index in [4.69, 9.17) is 5.26 Å². The minimum atomic E-state index is -0.564. The molecule has 0 aliphatic carbocycles. The highest BCUT2D eigenvalue weighted by molar-refractivity contribution is 7.99. The molecule has 2 rings (SSSR count). The van der Waals surface area contributed by atoms with Gasteiger partial charge in [0.15, 0.2) is 5.16 Å². The molecule has 0 bridgehead atoms. The maximum absolute atomic E-state index is 11.4. The number of nitrogens with zero attached hydrogens (tertiary/aromatic N) is 4. The fourth-order valence-corrected chi connectivity index (χ4v) is 2.53. The van der Waals surface area contributed by atoms with Crippen LogP contribution in [-0.4, -0.2) is 19.7 Å². The number of H-pyrrole nitrogens is 1. The maximum atomic E-state index is 11.4. The lowest BCUT2D eigenvalue weighted by Crippen LogP contribution is -2.16. The molecule has 102 valence electrons.